The minimum absolute atomic E-state index is 0.0544. The molecule has 0 fully saturated rings. The molecule has 0 spiro atoms. The van der Waals surface area contributed by atoms with Crippen molar-refractivity contribution in [2.45, 2.75) is 12.8 Å². The van der Waals surface area contributed by atoms with Crippen LogP contribution in [0.3, 0.4) is 0 Å². The number of carbonyl (C=O) groups excluding carboxylic acids is 2. The molecule has 1 heterocycles. The van der Waals surface area contributed by atoms with Gasteiger partial charge in [-0.15, -0.1) is 0 Å². The van der Waals surface area contributed by atoms with E-state index in [0.717, 1.165) is 5.56 Å². The van der Waals surface area contributed by atoms with Crippen LogP contribution in [0.2, 0.25) is 0 Å². The Kier molecular flexibility index (Phi) is 6.39. The average Bonchev–Trinajstić information content (AvgIpc) is 2.65. The first kappa shape index (κ1) is 19.8. The Morgan fingerprint density at radius 3 is 2.63 bits per heavy atom. The number of ether oxygens (including phenoxy) is 3. The fourth-order valence-electron chi connectivity index (χ4n) is 2.77. The van der Waals surface area contributed by atoms with Crippen molar-refractivity contribution in [3.63, 3.8) is 0 Å². The molecule has 0 unspecified atom stereocenters. The van der Waals surface area contributed by atoms with Crippen LogP contribution < -0.4 is 10.5 Å². The Morgan fingerprint density at radius 2 is 2.00 bits per heavy atom. The number of carbonyl (C=O) groups is 2. The molecule has 1 aliphatic heterocycles. The zero-order valence-corrected chi connectivity index (χ0v) is 14.9. The minimum atomic E-state index is -1.32. The number of nitrogens with two attached hydrogens (primary N) is 1. The van der Waals surface area contributed by atoms with Gasteiger partial charge in [0.15, 0.2) is 5.92 Å². The van der Waals surface area contributed by atoms with E-state index in [1.165, 1.54) is 12.2 Å². The number of nitriles is 1. The summed E-state index contributed by atoms with van der Waals surface area (Å²) in [6, 6.07) is 7.11. The van der Waals surface area contributed by atoms with Crippen molar-refractivity contribution in [1.82, 2.24) is 0 Å². The molecule has 0 saturated heterocycles. The number of nitrogens with zero attached hydrogens (tertiary/aromatic N) is 1. The van der Waals surface area contributed by atoms with Crippen LogP contribution in [0, 0.1) is 24.2 Å². The number of hydrogen-bond donors (Lipinski definition) is 1. The van der Waals surface area contributed by atoms with E-state index in [9.17, 15) is 14.9 Å². The van der Waals surface area contributed by atoms with Crippen LogP contribution in [0.1, 0.15) is 17.0 Å². The number of fused-ring (bicyclic) bond motifs is 1. The third kappa shape index (κ3) is 4.18. The Balaban J connectivity index is 2.57. The zero-order valence-electron chi connectivity index (χ0n) is 14.9. The summed E-state index contributed by atoms with van der Waals surface area (Å²) >= 11 is 0. The normalized spacial score (nSPS) is 16.2. The minimum Gasteiger partial charge on any atom is -0.460 e. The maximum atomic E-state index is 12.6. The largest absolute Gasteiger partial charge is 0.460 e. The highest BCUT2D eigenvalue weighted by Crippen LogP contribution is 2.43. The molecule has 1 aliphatic rings. The molecular weight excluding hydrogens is 348 g/mol. The summed E-state index contributed by atoms with van der Waals surface area (Å²) in [5.74, 6) is -3.75. The second-order valence-electron chi connectivity index (χ2n) is 5.81. The second kappa shape index (κ2) is 8.72. The molecule has 0 bridgehead atoms. The van der Waals surface area contributed by atoms with Crippen LogP contribution in [0.15, 0.2) is 55.0 Å². The Bertz CT molecular complexity index is 850. The maximum Gasteiger partial charge on any atom is 0.340 e. The van der Waals surface area contributed by atoms with Gasteiger partial charge >= 0.3 is 11.9 Å². The molecular formula is C20H20N2O5. The summed E-state index contributed by atoms with van der Waals surface area (Å²) in [5, 5.41) is 9.66. The monoisotopic (exact) mass is 368 g/mol. The predicted molar refractivity (Wildman–Crippen MR) is 97.2 cm³/mol. The van der Waals surface area contributed by atoms with Crippen LogP contribution in [-0.4, -0.2) is 25.2 Å². The van der Waals surface area contributed by atoms with E-state index >= 15 is 0 Å². The van der Waals surface area contributed by atoms with E-state index in [1.54, 1.807) is 18.2 Å². The van der Waals surface area contributed by atoms with Gasteiger partial charge < -0.3 is 19.9 Å². The fraction of sp³-hybridized carbons (Fsp3) is 0.250. The SMILES string of the molecule is C=CCOC(=O)C1=C(N)Oc2ccc(C)cc2[C@@H]1[C@H](C#N)C(=O)OCC=C. The van der Waals surface area contributed by atoms with Crippen molar-refractivity contribution in [1.29, 1.82) is 5.26 Å². The van der Waals surface area contributed by atoms with Gasteiger partial charge in [0.2, 0.25) is 5.88 Å². The first-order valence-corrected chi connectivity index (χ1v) is 8.17. The molecule has 7 nitrogen and oxygen atoms in total. The van der Waals surface area contributed by atoms with Crippen molar-refractivity contribution in [3.05, 3.63) is 66.1 Å². The summed E-state index contributed by atoms with van der Waals surface area (Å²) in [6.45, 7) is 8.68. The summed E-state index contributed by atoms with van der Waals surface area (Å²) in [7, 11) is 0. The fourth-order valence-corrected chi connectivity index (χ4v) is 2.77. The quantitative estimate of drug-likeness (QED) is 0.580. The molecule has 2 N–H and O–H groups in total. The highest BCUT2D eigenvalue weighted by molar-refractivity contribution is 5.94. The highest BCUT2D eigenvalue weighted by Gasteiger charge is 2.43. The Hall–Kier alpha value is -3.53. The molecule has 0 amide bonds. The van der Waals surface area contributed by atoms with Crippen LogP contribution >= 0.6 is 0 Å². The molecule has 0 saturated carbocycles. The number of benzene rings is 1. The molecule has 0 aromatic heterocycles. The molecule has 7 heteroatoms. The van der Waals surface area contributed by atoms with Gasteiger partial charge in [0, 0.05) is 5.56 Å². The zero-order chi connectivity index (χ0) is 20.0. The van der Waals surface area contributed by atoms with Gasteiger partial charge in [-0.3, -0.25) is 4.79 Å². The maximum absolute atomic E-state index is 12.6. The smallest absolute Gasteiger partial charge is 0.340 e. The van der Waals surface area contributed by atoms with Crippen molar-refractivity contribution < 1.29 is 23.8 Å². The van der Waals surface area contributed by atoms with Crippen molar-refractivity contribution in [2.24, 2.45) is 11.7 Å². The summed E-state index contributed by atoms with van der Waals surface area (Å²) in [6.07, 6.45) is 2.78. The molecule has 2 atom stereocenters. The third-order valence-electron chi connectivity index (χ3n) is 3.92. The van der Waals surface area contributed by atoms with Crippen molar-refractivity contribution in [2.75, 3.05) is 13.2 Å². The first-order valence-electron chi connectivity index (χ1n) is 8.17. The van der Waals surface area contributed by atoms with Crippen LogP contribution in [0.5, 0.6) is 5.75 Å². The molecule has 0 aliphatic carbocycles. The molecule has 27 heavy (non-hydrogen) atoms. The highest BCUT2D eigenvalue weighted by atomic mass is 16.5. The van der Waals surface area contributed by atoms with E-state index in [4.69, 9.17) is 19.9 Å². The molecule has 2 rings (SSSR count). The molecule has 1 aromatic carbocycles. The Morgan fingerprint density at radius 1 is 1.33 bits per heavy atom. The van der Waals surface area contributed by atoms with E-state index in [0.29, 0.717) is 11.3 Å². The topological polar surface area (TPSA) is 112 Å². The van der Waals surface area contributed by atoms with Gasteiger partial charge in [0.1, 0.15) is 24.5 Å². The van der Waals surface area contributed by atoms with Crippen LogP contribution in [-0.2, 0) is 19.1 Å². The number of rotatable bonds is 7. The van der Waals surface area contributed by atoms with E-state index in [2.05, 4.69) is 13.2 Å². The van der Waals surface area contributed by atoms with Gasteiger partial charge in [-0.2, -0.15) is 5.26 Å². The van der Waals surface area contributed by atoms with Crippen molar-refractivity contribution in [3.8, 4) is 11.8 Å². The summed E-state index contributed by atoms with van der Waals surface area (Å²) in [4.78, 5) is 25.0. The average molecular weight is 368 g/mol. The van der Waals surface area contributed by atoms with Crippen molar-refractivity contribution >= 4 is 11.9 Å². The van der Waals surface area contributed by atoms with Gasteiger partial charge in [-0.1, -0.05) is 43.0 Å². The van der Waals surface area contributed by atoms with Gasteiger partial charge in [-0.25, -0.2) is 4.79 Å². The van der Waals surface area contributed by atoms with E-state index < -0.39 is 23.8 Å². The Labute approximate surface area is 157 Å². The predicted octanol–water partition coefficient (Wildman–Crippen LogP) is 2.24. The molecule has 140 valence electrons. The van der Waals surface area contributed by atoms with Gasteiger partial charge in [0.25, 0.3) is 0 Å². The van der Waals surface area contributed by atoms with Crippen LogP contribution in [0.25, 0.3) is 0 Å². The van der Waals surface area contributed by atoms with Crippen LogP contribution in [0.4, 0.5) is 0 Å². The lowest BCUT2D eigenvalue weighted by Gasteiger charge is -2.30. The standard InChI is InChI=1S/C20H20N2O5/c1-4-8-25-19(23)14(11-21)16-13-10-12(3)6-7-15(13)27-18(22)17(16)20(24)26-9-5-2/h4-7,10,14,16H,1-2,8-9,22H2,3H3/t14-,16+/m0/s1. The summed E-state index contributed by atoms with van der Waals surface area (Å²) in [5.41, 5.74) is 7.18. The number of hydrogen-bond acceptors (Lipinski definition) is 7. The third-order valence-corrected chi connectivity index (χ3v) is 3.92. The molecule has 0 radical (unpaired) electrons. The van der Waals surface area contributed by atoms with Gasteiger partial charge in [-0.05, 0) is 13.0 Å². The number of esters is 2. The number of aryl methyl sites for hydroxylation is 1. The second-order valence-corrected chi connectivity index (χ2v) is 5.81. The van der Waals surface area contributed by atoms with Gasteiger partial charge in [0.05, 0.1) is 12.0 Å². The first-order chi connectivity index (χ1) is 12.9. The van der Waals surface area contributed by atoms with E-state index in [1.807, 2.05) is 13.0 Å². The lowest BCUT2D eigenvalue weighted by molar-refractivity contribution is -0.146. The lowest BCUT2D eigenvalue weighted by Crippen LogP contribution is -2.34. The van der Waals surface area contributed by atoms with E-state index in [-0.39, 0.29) is 24.7 Å². The summed E-state index contributed by atoms with van der Waals surface area (Å²) < 4.78 is 15.7. The molecule has 1 aromatic rings. The lowest BCUT2D eigenvalue weighted by atomic mass is 9.79.